The molecule has 48 heavy (non-hydrogen) atoms. The molecule has 3 aromatic carbocycles. The van der Waals surface area contributed by atoms with Gasteiger partial charge in [-0.1, -0.05) is 24.3 Å². The number of carbonyl (C=O) groups is 6. The molecule has 0 aliphatic heterocycles. The van der Waals surface area contributed by atoms with Crippen LogP contribution in [0.5, 0.6) is 34.5 Å². The quantitative estimate of drug-likeness (QED) is 0.0851. The number of benzene rings is 3. The third kappa shape index (κ3) is 10.7. The van der Waals surface area contributed by atoms with Crippen LogP contribution in [0.3, 0.4) is 0 Å². The van der Waals surface area contributed by atoms with Gasteiger partial charge in [-0.05, 0) is 35.4 Å². The monoisotopic (exact) mass is 668 g/mol. The molecule has 0 spiro atoms. The highest BCUT2D eigenvalue weighted by molar-refractivity contribution is 5.98. The molecule has 0 heterocycles. The SMILES string of the molecule is O=C(CNC(=O)CNC(=O)c1cc(O)c(O)c(O)c1)NCc1cccc(CNC(=O)CNC(=O)CNC(=O)c2cc(O)c(O)c(O)c2)c1. The minimum absolute atomic E-state index is 0.0895. The summed E-state index contributed by atoms with van der Waals surface area (Å²) in [7, 11) is 0. The van der Waals surface area contributed by atoms with Gasteiger partial charge in [0.05, 0.1) is 26.2 Å². The van der Waals surface area contributed by atoms with E-state index in [1.54, 1.807) is 24.3 Å². The number of hydrogen-bond acceptors (Lipinski definition) is 12. The van der Waals surface area contributed by atoms with Gasteiger partial charge in [0.1, 0.15) is 0 Å². The number of phenolic OH excluding ortho intramolecular Hbond substituents is 6. The van der Waals surface area contributed by atoms with Crippen molar-refractivity contribution in [3.8, 4) is 34.5 Å². The number of carbonyl (C=O) groups excluding carboxylic acids is 6. The second-order valence-corrected chi connectivity index (χ2v) is 10.0. The third-order valence-electron chi connectivity index (χ3n) is 6.35. The number of nitrogens with one attached hydrogen (secondary N) is 6. The van der Waals surface area contributed by atoms with Gasteiger partial charge < -0.3 is 62.5 Å². The Morgan fingerprint density at radius 3 is 1.10 bits per heavy atom. The van der Waals surface area contributed by atoms with E-state index >= 15 is 0 Å². The first kappa shape index (κ1) is 35.8. The fourth-order valence-corrected chi connectivity index (χ4v) is 3.85. The second kappa shape index (κ2) is 16.5. The highest BCUT2D eigenvalue weighted by atomic mass is 16.3. The lowest BCUT2D eigenvalue weighted by atomic mass is 10.1. The van der Waals surface area contributed by atoms with Crippen LogP contribution in [0.15, 0.2) is 48.5 Å². The van der Waals surface area contributed by atoms with E-state index in [1.165, 1.54) is 0 Å². The summed E-state index contributed by atoms with van der Waals surface area (Å²) in [5.74, 6) is -8.57. The lowest BCUT2D eigenvalue weighted by molar-refractivity contribution is -0.125. The Balaban J connectivity index is 1.32. The van der Waals surface area contributed by atoms with Crippen LogP contribution in [0.1, 0.15) is 31.8 Å². The maximum absolute atomic E-state index is 12.2. The molecular formula is C30H32N6O12. The van der Waals surface area contributed by atoms with Crippen LogP contribution in [0.2, 0.25) is 0 Å². The number of aromatic hydroxyl groups is 6. The molecule has 0 saturated heterocycles. The summed E-state index contributed by atoms with van der Waals surface area (Å²) in [6.07, 6.45) is 0. The molecule has 0 aromatic heterocycles. The topological polar surface area (TPSA) is 296 Å². The summed E-state index contributed by atoms with van der Waals surface area (Å²) in [6.45, 7) is -1.64. The van der Waals surface area contributed by atoms with Crippen molar-refractivity contribution in [3.63, 3.8) is 0 Å². The predicted molar refractivity (Wildman–Crippen MR) is 164 cm³/mol. The molecule has 0 bridgehead atoms. The normalized spacial score (nSPS) is 10.3. The summed E-state index contributed by atoms with van der Waals surface area (Å²) in [5, 5.41) is 71.0. The minimum atomic E-state index is -0.819. The zero-order chi connectivity index (χ0) is 35.4. The van der Waals surface area contributed by atoms with Gasteiger partial charge >= 0.3 is 0 Å². The Bertz CT molecular complexity index is 1560. The van der Waals surface area contributed by atoms with Crippen molar-refractivity contribution in [2.45, 2.75) is 13.1 Å². The lowest BCUT2D eigenvalue weighted by Gasteiger charge is -2.11. The highest BCUT2D eigenvalue weighted by Gasteiger charge is 2.16. The molecule has 0 saturated carbocycles. The Morgan fingerprint density at radius 2 is 0.750 bits per heavy atom. The largest absolute Gasteiger partial charge is 0.504 e. The van der Waals surface area contributed by atoms with E-state index in [4.69, 9.17) is 0 Å². The zero-order valence-corrected chi connectivity index (χ0v) is 25.0. The van der Waals surface area contributed by atoms with E-state index in [-0.39, 0.29) is 24.2 Å². The fraction of sp³-hybridized carbons (Fsp3) is 0.200. The predicted octanol–water partition coefficient (Wildman–Crippen LogP) is -1.75. The van der Waals surface area contributed by atoms with Crippen LogP contribution in [0.4, 0.5) is 0 Å². The summed E-state index contributed by atoms with van der Waals surface area (Å²) in [5.41, 5.74) is 0.932. The van der Waals surface area contributed by atoms with Gasteiger partial charge in [0, 0.05) is 24.2 Å². The minimum Gasteiger partial charge on any atom is -0.504 e. The maximum Gasteiger partial charge on any atom is 0.251 e. The molecule has 0 atom stereocenters. The van der Waals surface area contributed by atoms with Gasteiger partial charge in [-0.3, -0.25) is 28.8 Å². The molecule has 254 valence electrons. The molecule has 0 radical (unpaired) electrons. The smallest absolute Gasteiger partial charge is 0.251 e. The van der Waals surface area contributed by atoms with Gasteiger partial charge in [0.15, 0.2) is 34.5 Å². The van der Waals surface area contributed by atoms with E-state index < -0.39 is 96.1 Å². The Morgan fingerprint density at radius 1 is 0.438 bits per heavy atom. The molecule has 6 amide bonds. The summed E-state index contributed by atoms with van der Waals surface area (Å²) >= 11 is 0. The number of rotatable bonds is 14. The van der Waals surface area contributed by atoms with Gasteiger partial charge in [-0.15, -0.1) is 0 Å². The van der Waals surface area contributed by atoms with Gasteiger partial charge in [-0.2, -0.15) is 0 Å². The first-order valence-electron chi connectivity index (χ1n) is 13.9. The average Bonchev–Trinajstić information content (AvgIpc) is 3.06. The number of amides is 6. The Kier molecular flexibility index (Phi) is 12.3. The zero-order valence-electron chi connectivity index (χ0n) is 25.0. The molecule has 18 nitrogen and oxygen atoms in total. The van der Waals surface area contributed by atoms with E-state index in [0.29, 0.717) is 11.1 Å². The van der Waals surface area contributed by atoms with Crippen LogP contribution in [-0.2, 0) is 32.3 Å². The van der Waals surface area contributed by atoms with Crippen molar-refractivity contribution in [1.29, 1.82) is 0 Å². The molecular weight excluding hydrogens is 636 g/mol. The standard InChI is InChI=1S/C30H32N6O12/c37-19-5-17(6-20(38)27(19)45)29(47)35-13-25(43)33-11-23(41)31-9-15-2-1-3-16(4-15)10-32-24(42)12-34-26(44)14-36-30(48)18-7-21(39)28(46)22(40)8-18/h1-8,37-40,45-46H,9-14H2,(H,31,41)(H,32,42)(H,33,43)(H,34,44)(H,35,47)(H,36,48). The maximum atomic E-state index is 12.2. The van der Waals surface area contributed by atoms with Crippen LogP contribution in [0, 0.1) is 0 Å². The van der Waals surface area contributed by atoms with Crippen molar-refractivity contribution in [2.75, 3.05) is 26.2 Å². The van der Waals surface area contributed by atoms with E-state index in [1.807, 2.05) is 0 Å². The first-order valence-corrected chi connectivity index (χ1v) is 13.9. The fourth-order valence-electron chi connectivity index (χ4n) is 3.85. The van der Waals surface area contributed by atoms with Crippen molar-refractivity contribution in [2.24, 2.45) is 0 Å². The van der Waals surface area contributed by atoms with Gasteiger partial charge in [0.25, 0.3) is 11.8 Å². The average molecular weight is 669 g/mol. The molecule has 0 unspecified atom stereocenters. The molecule has 0 aliphatic carbocycles. The van der Waals surface area contributed by atoms with Gasteiger partial charge in [0.2, 0.25) is 23.6 Å². The van der Waals surface area contributed by atoms with Gasteiger partial charge in [-0.25, -0.2) is 0 Å². The molecule has 3 aromatic rings. The highest BCUT2D eigenvalue weighted by Crippen LogP contribution is 2.36. The van der Waals surface area contributed by atoms with E-state index in [2.05, 4.69) is 31.9 Å². The molecule has 0 aliphatic rings. The van der Waals surface area contributed by atoms with Crippen molar-refractivity contribution >= 4 is 35.4 Å². The van der Waals surface area contributed by atoms with Crippen LogP contribution in [-0.4, -0.2) is 92.3 Å². The number of phenols is 6. The summed E-state index contributed by atoms with van der Waals surface area (Å²) < 4.78 is 0. The van der Waals surface area contributed by atoms with Crippen molar-refractivity contribution in [1.82, 2.24) is 31.9 Å². The molecule has 3 rings (SSSR count). The summed E-state index contributed by atoms with van der Waals surface area (Å²) in [6, 6.07) is 10.4. The molecule has 12 N–H and O–H groups in total. The van der Waals surface area contributed by atoms with E-state index in [0.717, 1.165) is 24.3 Å². The Labute approximate surface area is 271 Å². The number of hydrogen-bond donors (Lipinski definition) is 12. The van der Waals surface area contributed by atoms with Crippen molar-refractivity contribution in [3.05, 3.63) is 70.8 Å². The van der Waals surface area contributed by atoms with E-state index in [9.17, 15) is 59.4 Å². The van der Waals surface area contributed by atoms with Crippen LogP contribution < -0.4 is 31.9 Å². The third-order valence-corrected chi connectivity index (χ3v) is 6.35. The lowest BCUT2D eigenvalue weighted by Crippen LogP contribution is -2.42. The van der Waals surface area contributed by atoms with Crippen molar-refractivity contribution < 1.29 is 59.4 Å². The van der Waals surface area contributed by atoms with Crippen LogP contribution in [0.25, 0.3) is 0 Å². The first-order chi connectivity index (χ1) is 22.7. The Hall–Kier alpha value is -6.72. The molecule has 0 fully saturated rings. The summed E-state index contributed by atoms with van der Waals surface area (Å²) in [4.78, 5) is 72.5. The molecule has 18 heteroatoms. The second-order valence-electron chi connectivity index (χ2n) is 10.0. The van der Waals surface area contributed by atoms with Crippen LogP contribution >= 0.6 is 0 Å².